The van der Waals surface area contributed by atoms with E-state index in [9.17, 15) is 22.8 Å². The zero-order valence-corrected chi connectivity index (χ0v) is 29.4. The molecule has 0 spiro atoms. The van der Waals surface area contributed by atoms with E-state index in [1.165, 1.54) is 28.8 Å². The number of likely N-dealkylation sites (tertiary alicyclic amines) is 1. The number of aromatic nitrogens is 3. The van der Waals surface area contributed by atoms with Crippen LogP contribution < -0.4 is 10.6 Å². The van der Waals surface area contributed by atoms with E-state index in [1.807, 2.05) is 18.2 Å². The Morgan fingerprint density at radius 3 is 2.46 bits per heavy atom. The Morgan fingerprint density at radius 2 is 1.71 bits per heavy atom. The number of alkyl halides is 2. The number of piperidine rings is 2. The molecular formula is C41H41F3N6O2. The molecule has 2 N–H and O–H groups in total. The lowest BCUT2D eigenvalue weighted by atomic mass is 9.83. The van der Waals surface area contributed by atoms with E-state index in [4.69, 9.17) is 4.98 Å². The van der Waals surface area contributed by atoms with Crippen LogP contribution in [0.2, 0.25) is 0 Å². The summed E-state index contributed by atoms with van der Waals surface area (Å²) in [4.78, 5) is 40.3. The second-order valence-electron chi connectivity index (χ2n) is 14.0. The maximum atomic E-state index is 15.0. The van der Waals surface area contributed by atoms with Gasteiger partial charge in [-0.25, -0.2) is 23.1 Å². The van der Waals surface area contributed by atoms with E-state index in [1.54, 1.807) is 20.0 Å². The first-order valence-corrected chi connectivity index (χ1v) is 17.8. The van der Waals surface area contributed by atoms with Gasteiger partial charge in [0.25, 0.3) is 6.43 Å². The van der Waals surface area contributed by atoms with Crippen LogP contribution in [0.3, 0.4) is 0 Å². The van der Waals surface area contributed by atoms with Crippen molar-refractivity contribution in [2.75, 3.05) is 18.4 Å². The highest BCUT2D eigenvalue weighted by Crippen LogP contribution is 2.35. The molecule has 2 saturated heterocycles. The Balaban J connectivity index is 1.03. The van der Waals surface area contributed by atoms with Crippen LogP contribution in [0.15, 0.2) is 72.9 Å². The van der Waals surface area contributed by atoms with Crippen LogP contribution in [0, 0.1) is 19.7 Å². The molecule has 0 aliphatic carbocycles. The van der Waals surface area contributed by atoms with Gasteiger partial charge in [0.1, 0.15) is 17.5 Å². The normalized spacial score (nSPS) is 17.8. The predicted molar refractivity (Wildman–Crippen MR) is 194 cm³/mol. The summed E-state index contributed by atoms with van der Waals surface area (Å²) in [5.41, 5.74) is 6.46. The highest BCUT2D eigenvalue weighted by atomic mass is 19.3. The Labute approximate surface area is 300 Å². The third-order valence-electron chi connectivity index (χ3n) is 10.4. The number of pyridine rings is 1. The van der Waals surface area contributed by atoms with Crippen LogP contribution in [0.1, 0.15) is 96.1 Å². The number of hydrogen-bond donors (Lipinski definition) is 2. The van der Waals surface area contributed by atoms with Crippen molar-refractivity contribution in [2.24, 2.45) is 0 Å². The zero-order chi connectivity index (χ0) is 36.5. The molecule has 2 fully saturated rings. The van der Waals surface area contributed by atoms with Crippen molar-refractivity contribution in [3.8, 4) is 11.3 Å². The lowest BCUT2D eigenvalue weighted by Crippen LogP contribution is -2.39. The number of amides is 2. The Morgan fingerprint density at radius 1 is 0.942 bits per heavy atom. The largest absolute Gasteiger partial charge is 0.363 e. The van der Waals surface area contributed by atoms with Crippen molar-refractivity contribution in [3.05, 3.63) is 118 Å². The van der Waals surface area contributed by atoms with E-state index in [2.05, 4.69) is 62.8 Å². The number of carbonyl (C=O) groups excluding carboxylic acids is 2. The first-order valence-electron chi connectivity index (χ1n) is 17.8. The molecule has 11 heteroatoms. The van der Waals surface area contributed by atoms with Gasteiger partial charge in [0.05, 0.1) is 34.9 Å². The number of anilines is 1. The number of nitrogens with zero attached hydrogens (tertiary/aromatic N) is 4. The third-order valence-corrected chi connectivity index (χ3v) is 10.4. The molecule has 52 heavy (non-hydrogen) atoms. The highest BCUT2D eigenvalue weighted by Gasteiger charge is 2.29. The number of halogens is 3. The first-order chi connectivity index (χ1) is 25.0. The molecule has 1 unspecified atom stereocenters. The minimum absolute atomic E-state index is 0.131. The first kappa shape index (κ1) is 35.3. The van der Waals surface area contributed by atoms with E-state index < -0.39 is 23.8 Å². The molecule has 2 atom stereocenters. The van der Waals surface area contributed by atoms with Crippen molar-refractivity contribution in [3.63, 3.8) is 0 Å². The summed E-state index contributed by atoms with van der Waals surface area (Å²) in [7, 11) is 0. The molecule has 0 bridgehead atoms. The quantitative estimate of drug-likeness (QED) is 0.148. The maximum Gasteiger partial charge on any atom is 0.266 e. The summed E-state index contributed by atoms with van der Waals surface area (Å²) < 4.78 is 41.8. The van der Waals surface area contributed by atoms with Crippen LogP contribution in [-0.4, -0.2) is 44.8 Å². The molecule has 0 radical (unpaired) electrons. The molecule has 7 rings (SSSR count). The minimum atomic E-state index is -2.91. The van der Waals surface area contributed by atoms with E-state index in [-0.39, 0.29) is 23.3 Å². The molecule has 5 aromatic rings. The Bertz CT molecular complexity index is 2150. The number of hydrogen-bond acceptors (Lipinski definition) is 7. The van der Waals surface area contributed by atoms with Gasteiger partial charge in [-0.1, -0.05) is 54.6 Å². The predicted octanol–water partition coefficient (Wildman–Crippen LogP) is 8.46. The summed E-state index contributed by atoms with van der Waals surface area (Å²) >= 11 is 0. The van der Waals surface area contributed by atoms with Gasteiger partial charge in [-0.15, -0.1) is 0 Å². The number of rotatable bonds is 9. The maximum absolute atomic E-state index is 15.0. The minimum Gasteiger partial charge on any atom is -0.363 e. The van der Waals surface area contributed by atoms with E-state index in [0.717, 1.165) is 55.4 Å². The van der Waals surface area contributed by atoms with Crippen molar-refractivity contribution < 1.29 is 22.8 Å². The van der Waals surface area contributed by atoms with Gasteiger partial charge < -0.3 is 5.32 Å². The molecule has 8 nitrogen and oxygen atoms in total. The van der Waals surface area contributed by atoms with Crippen molar-refractivity contribution in [2.45, 2.75) is 77.3 Å². The molecular weight excluding hydrogens is 665 g/mol. The average molecular weight is 707 g/mol. The van der Waals surface area contributed by atoms with Gasteiger partial charge >= 0.3 is 0 Å². The lowest BCUT2D eigenvalue weighted by Gasteiger charge is -2.33. The monoisotopic (exact) mass is 706 g/mol. The topological polar surface area (TPSA) is 100 Å². The van der Waals surface area contributed by atoms with Gasteiger partial charge in [0, 0.05) is 29.5 Å². The summed E-state index contributed by atoms with van der Waals surface area (Å²) in [5.74, 6) is -0.179. The van der Waals surface area contributed by atoms with Crippen molar-refractivity contribution in [1.82, 2.24) is 25.2 Å². The van der Waals surface area contributed by atoms with Gasteiger partial charge in [-0.2, -0.15) is 0 Å². The molecule has 268 valence electrons. The summed E-state index contributed by atoms with van der Waals surface area (Å²) in [6.45, 7) is 8.31. The van der Waals surface area contributed by atoms with Gasteiger partial charge in [0.15, 0.2) is 0 Å². The van der Waals surface area contributed by atoms with Crippen molar-refractivity contribution >= 4 is 28.5 Å². The number of carbonyl (C=O) groups is 2. The standard InChI is InChI=1S/C41H41F3N6O2/c1-23-18-28(32-12-13-37(51)49-41(32)52)10-11-30(23)27-14-16-50(17-15-27)22-26-6-4-7-29(19-26)35-20-34-36(21-45-35)47-25(3)48-40(34)46-24(2)31-8-5-9-33(38(31)42)39(43)44/h4-11,18-21,24,27,32,39H,12-17,22H2,1-3H3,(H,46,47,48)(H,49,51,52)/t24-,32?/m1/s1. The molecule has 4 heterocycles. The smallest absolute Gasteiger partial charge is 0.266 e. The average Bonchev–Trinajstić information content (AvgIpc) is 3.12. The van der Waals surface area contributed by atoms with Crippen LogP contribution in [0.25, 0.3) is 22.2 Å². The lowest BCUT2D eigenvalue weighted by molar-refractivity contribution is -0.134. The second kappa shape index (κ2) is 14.8. The molecule has 3 aromatic carbocycles. The van der Waals surface area contributed by atoms with E-state index in [0.29, 0.717) is 41.3 Å². The van der Waals surface area contributed by atoms with Gasteiger partial charge in [-0.05, 0) is 93.4 Å². The third kappa shape index (κ3) is 7.41. The summed E-state index contributed by atoms with van der Waals surface area (Å²) in [5, 5.41) is 6.40. The van der Waals surface area contributed by atoms with Crippen LogP contribution >= 0.6 is 0 Å². The fraction of sp³-hybridized carbons (Fsp3) is 0.341. The van der Waals surface area contributed by atoms with Crippen molar-refractivity contribution in [1.29, 1.82) is 0 Å². The molecule has 2 amide bonds. The molecule has 2 aromatic heterocycles. The Hall–Kier alpha value is -5.16. The van der Waals surface area contributed by atoms with E-state index >= 15 is 0 Å². The number of aryl methyl sites for hydroxylation is 2. The van der Waals surface area contributed by atoms with Gasteiger partial charge in [0.2, 0.25) is 11.8 Å². The molecule has 0 saturated carbocycles. The molecule has 2 aliphatic rings. The second-order valence-corrected chi connectivity index (χ2v) is 14.0. The summed E-state index contributed by atoms with van der Waals surface area (Å²) in [6.07, 6.45) is 1.79. The highest BCUT2D eigenvalue weighted by molar-refractivity contribution is 6.01. The number of fused-ring (bicyclic) bond motifs is 1. The van der Waals surface area contributed by atoms with Gasteiger partial charge in [-0.3, -0.25) is 24.8 Å². The fourth-order valence-corrected chi connectivity index (χ4v) is 7.64. The fourth-order valence-electron chi connectivity index (χ4n) is 7.64. The van der Waals surface area contributed by atoms with Crippen LogP contribution in [0.5, 0.6) is 0 Å². The van der Waals surface area contributed by atoms with Crippen LogP contribution in [-0.2, 0) is 16.1 Å². The SMILES string of the molecule is Cc1nc(N[C@H](C)c2cccc(C(F)F)c2F)c2cc(-c3cccc(CN4CCC(c5ccc(C6CCC(=O)NC6=O)cc5C)CC4)c3)ncc2n1. The Kier molecular flexibility index (Phi) is 10.1. The number of imide groups is 1. The number of benzene rings is 3. The zero-order valence-electron chi connectivity index (χ0n) is 29.4. The van der Waals surface area contributed by atoms with Crippen LogP contribution in [0.4, 0.5) is 19.0 Å². The number of nitrogens with one attached hydrogen (secondary N) is 2. The summed E-state index contributed by atoms with van der Waals surface area (Å²) in [6, 6.07) is 20.0. The molecule has 2 aliphatic heterocycles.